The van der Waals surface area contributed by atoms with E-state index in [1.54, 1.807) is 36.4 Å². The van der Waals surface area contributed by atoms with Gasteiger partial charge in [0.1, 0.15) is 5.75 Å². The summed E-state index contributed by atoms with van der Waals surface area (Å²) in [5, 5.41) is 2.05. The Morgan fingerprint density at radius 1 is 1.43 bits per heavy atom. The van der Waals surface area contributed by atoms with Crippen LogP contribution >= 0.6 is 11.3 Å². The van der Waals surface area contributed by atoms with E-state index in [2.05, 4.69) is 14.8 Å². The van der Waals surface area contributed by atoms with Crippen molar-refractivity contribution in [3.05, 3.63) is 35.5 Å². The van der Waals surface area contributed by atoms with Gasteiger partial charge in [0.15, 0.2) is 11.1 Å². The summed E-state index contributed by atoms with van der Waals surface area (Å²) in [7, 11) is 1.77. The number of imidazole rings is 1. The molecule has 118 valence electrons. The summed E-state index contributed by atoms with van der Waals surface area (Å²) in [5.41, 5.74) is 9.56. The molecule has 0 fully saturated rings. The largest absolute Gasteiger partial charge is 0.479 e. The molecular weight excluding hydrogens is 312 g/mol. The summed E-state index contributed by atoms with van der Waals surface area (Å²) < 4.78 is 7.73. The minimum absolute atomic E-state index is 0.0459. The maximum atomic E-state index is 12.1. The Bertz CT molecular complexity index is 914. The molecule has 3 aromatic rings. The number of nitrogens with zero attached hydrogens (tertiary/aromatic N) is 3. The van der Waals surface area contributed by atoms with Crippen molar-refractivity contribution in [3.63, 3.8) is 0 Å². The van der Waals surface area contributed by atoms with Gasteiger partial charge in [-0.25, -0.2) is 4.98 Å². The van der Waals surface area contributed by atoms with Gasteiger partial charge in [0.05, 0.1) is 23.3 Å². The zero-order valence-corrected chi connectivity index (χ0v) is 13.6. The number of hydrogen-bond acceptors (Lipinski definition) is 5. The fraction of sp³-hybridized carbons (Fsp3) is 0.250. The molecule has 1 unspecified atom stereocenters. The van der Waals surface area contributed by atoms with E-state index in [0.717, 1.165) is 33.3 Å². The molecule has 0 saturated heterocycles. The molecule has 4 rings (SSSR count). The molecule has 0 saturated carbocycles. The lowest BCUT2D eigenvalue weighted by Crippen LogP contribution is -2.41. The van der Waals surface area contributed by atoms with Gasteiger partial charge < -0.3 is 15.4 Å². The molecule has 1 amide bonds. The monoisotopic (exact) mass is 328 g/mol. The van der Waals surface area contributed by atoms with Crippen LogP contribution in [0.2, 0.25) is 0 Å². The number of fused-ring (bicyclic) bond motifs is 2. The van der Waals surface area contributed by atoms with Gasteiger partial charge in [-0.2, -0.15) is 0 Å². The number of likely N-dealkylation sites (N-methyl/N-ethyl adjacent to an activating group) is 1. The highest BCUT2D eigenvalue weighted by Crippen LogP contribution is 2.37. The van der Waals surface area contributed by atoms with Crippen LogP contribution in [0.15, 0.2) is 29.8 Å². The first-order valence-corrected chi connectivity index (χ1v) is 8.20. The van der Waals surface area contributed by atoms with Gasteiger partial charge in [0.2, 0.25) is 0 Å². The van der Waals surface area contributed by atoms with Crippen LogP contribution in [0, 0.1) is 0 Å². The van der Waals surface area contributed by atoms with Gasteiger partial charge in [-0.1, -0.05) is 0 Å². The van der Waals surface area contributed by atoms with E-state index in [1.807, 2.05) is 18.2 Å². The number of rotatable bonds is 2. The number of thiazole rings is 1. The summed E-state index contributed by atoms with van der Waals surface area (Å²) in [6.07, 6.45) is 1.34. The Kier molecular flexibility index (Phi) is 3.14. The SMILES string of the molecule is CC1Oc2ccc(-c3csc4ncc(CN)n34)cc2N(C)C1=O. The first kappa shape index (κ1) is 14.2. The fourth-order valence-electron chi connectivity index (χ4n) is 2.88. The van der Waals surface area contributed by atoms with Crippen molar-refractivity contribution in [2.45, 2.75) is 19.6 Å². The van der Waals surface area contributed by atoms with Crippen LogP contribution in [0.25, 0.3) is 16.2 Å². The van der Waals surface area contributed by atoms with Crippen LogP contribution in [0.1, 0.15) is 12.6 Å². The van der Waals surface area contributed by atoms with Crippen LogP contribution in [-0.2, 0) is 11.3 Å². The second kappa shape index (κ2) is 5.07. The lowest BCUT2D eigenvalue weighted by Gasteiger charge is -2.30. The molecule has 0 radical (unpaired) electrons. The number of nitrogens with two attached hydrogens (primary N) is 1. The average Bonchev–Trinajstić information content (AvgIpc) is 3.14. The van der Waals surface area contributed by atoms with Crippen LogP contribution in [0.4, 0.5) is 5.69 Å². The summed E-state index contributed by atoms with van der Waals surface area (Å²) in [6, 6.07) is 5.88. The summed E-state index contributed by atoms with van der Waals surface area (Å²) in [6.45, 7) is 2.19. The van der Waals surface area contributed by atoms with Gasteiger partial charge >= 0.3 is 0 Å². The quantitative estimate of drug-likeness (QED) is 0.783. The van der Waals surface area contributed by atoms with Gasteiger partial charge in [-0.15, -0.1) is 11.3 Å². The van der Waals surface area contributed by atoms with E-state index in [1.165, 1.54) is 0 Å². The molecule has 1 aromatic carbocycles. The second-order valence-corrected chi connectivity index (χ2v) is 6.37. The normalized spacial score (nSPS) is 17.4. The number of aromatic nitrogens is 2. The molecular formula is C16H16N4O2S. The van der Waals surface area contributed by atoms with Gasteiger partial charge in [0.25, 0.3) is 5.91 Å². The minimum atomic E-state index is -0.455. The topological polar surface area (TPSA) is 72.9 Å². The Hall–Kier alpha value is -2.38. The number of benzene rings is 1. The maximum absolute atomic E-state index is 12.1. The number of ether oxygens (including phenoxy) is 1. The molecule has 2 N–H and O–H groups in total. The van der Waals surface area contributed by atoms with Gasteiger partial charge in [0, 0.05) is 24.5 Å². The third-order valence-corrected chi connectivity index (χ3v) is 4.97. The number of carbonyl (C=O) groups excluding carboxylic acids is 1. The Morgan fingerprint density at radius 3 is 3.04 bits per heavy atom. The predicted molar refractivity (Wildman–Crippen MR) is 89.9 cm³/mol. The number of anilines is 1. The smallest absolute Gasteiger partial charge is 0.267 e. The van der Waals surface area contributed by atoms with Crippen LogP contribution in [0.5, 0.6) is 5.75 Å². The number of carbonyl (C=O) groups is 1. The zero-order valence-electron chi connectivity index (χ0n) is 12.8. The lowest BCUT2D eigenvalue weighted by molar-refractivity contribution is -0.125. The first-order chi connectivity index (χ1) is 11.1. The van der Waals surface area contributed by atoms with E-state index in [-0.39, 0.29) is 5.91 Å². The number of hydrogen-bond donors (Lipinski definition) is 1. The van der Waals surface area contributed by atoms with Crippen LogP contribution in [-0.4, -0.2) is 28.4 Å². The molecule has 1 aliphatic rings. The van der Waals surface area contributed by atoms with Crippen molar-refractivity contribution < 1.29 is 9.53 Å². The summed E-state index contributed by atoms with van der Waals surface area (Å²) in [4.78, 5) is 19.1. The standard InChI is InChI=1S/C16H16N4O2S/c1-9-15(21)19(2)12-5-10(3-4-14(12)22-9)13-8-23-16-18-7-11(6-17)20(13)16/h3-5,7-9H,6,17H2,1-2H3. The molecule has 23 heavy (non-hydrogen) atoms. The molecule has 3 heterocycles. The van der Waals surface area contributed by atoms with E-state index in [0.29, 0.717) is 6.54 Å². The second-order valence-electron chi connectivity index (χ2n) is 5.53. The van der Waals surface area contributed by atoms with Gasteiger partial charge in [-0.3, -0.25) is 9.20 Å². The molecule has 1 aliphatic heterocycles. The van der Waals surface area contributed by atoms with Crippen molar-refractivity contribution in [1.29, 1.82) is 0 Å². The van der Waals surface area contributed by atoms with Crippen molar-refractivity contribution in [2.75, 3.05) is 11.9 Å². The van der Waals surface area contributed by atoms with Crippen LogP contribution in [0.3, 0.4) is 0 Å². The van der Waals surface area contributed by atoms with Crippen molar-refractivity contribution in [3.8, 4) is 17.0 Å². The van der Waals surface area contributed by atoms with Gasteiger partial charge in [-0.05, 0) is 25.1 Å². The minimum Gasteiger partial charge on any atom is -0.479 e. The highest BCUT2D eigenvalue weighted by atomic mass is 32.1. The predicted octanol–water partition coefficient (Wildman–Crippen LogP) is 2.27. The summed E-state index contributed by atoms with van der Waals surface area (Å²) >= 11 is 1.57. The van der Waals surface area contributed by atoms with E-state index in [4.69, 9.17) is 10.5 Å². The Labute approximate surface area is 137 Å². The lowest BCUT2D eigenvalue weighted by atomic mass is 10.1. The van der Waals surface area contributed by atoms with Crippen molar-refractivity contribution in [1.82, 2.24) is 9.38 Å². The van der Waals surface area contributed by atoms with E-state index >= 15 is 0 Å². The molecule has 6 nitrogen and oxygen atoms in total. The van der Waals surface area contributed by atoms with Crippen molar-refractivity contribution in [2.24, 2.45) is 5.73 Å². The third kappa shape index (κ3) is 2.04. The molecule has 7 heteroatoms. The number of amides is 1. The van der Waals surface area contributed by atoms with E-state index in [9.17, 15) is 4.79 Å². The zero-order chi connectivity index (χ0) is 16.1. The Morgan fingerprint density at radius 2 is 2.26 bits per heavy atom. The van der Waals surface area contributed by atoms with Crippen LogP contribution < -0.4 is 15.4 Å². The third-order valence-electron chi connectivity index (χ3n) is 4.13. The first-order valence-electron chi connectivity index (χ1n) is 7.32. The molecule has 0 bridgehead atoms. The molecule has 1 atom stereocenters. The molecule has 0 spiro atoms. The average molecular weight is 328 g/mol. The highest BCUT2D eigenvalue weighted by Gasteiger charge is 2.29. The van der Waals surface area contributed by atoms with Crippen molar-refractivity contribution >= 4 is 27.9 Å². The fourth-order valence-corrected chi connectivity index (χ4v) is 3.78. The summed E-state index contributed by atoms with van der Waals surface area (Å²) in [5.74, 6) is 0.676. The highest BCUT2D eigenvalue weighted by molar-refractivity contribution is 7.15. The van der Waals surface area contributed by atoms with E-state index < -0.39 is 6.10 Å². The maximum Gasteiger partial charge on any atom is 0.267 e. The molecule has 0 aliphatic carbocycles. The molecule has 2 aromatic heterocycles. The Balaban J connectivity index is 1.87.